The molecule has 2 aliphatic rings. The van der Waals surface area contributed by atoms with Crippen LogP contribution in [0.1, 0.15) is 44.9 Å². The van der Waals surface area contributed by atoms with Gasteiger partial charge in [-0.2, -0.15) is 5.10 Å². The highest BCUT2D eigenvalue weighted by Crippen LogP contribution is 2.27. The van der Waals surface area contributed by atoms with Crippen LogP contribution in [0.4, 0.5) is 5.82 Å². The van der Waals surface area contributed by atoms with E-state index in [1.807, 2.05) is 10.9 Å². The van der Waals surface area contributed by atoms with Gasteiger partial charge in [-0.3, -0.25) is 4.79 Å². The predicted molar refractivity (Wildman–Crippen MR) is 96.4 cm³/mol. The molecular formula is C18H26N6O. The molecule has 1 saturated carbocycles. The minimum Gasteiger partial charge on any atom is -0.356 e. The van der Waals surface area contributed by atoms with Crippen LogP contribution in [-0.2, 0) is 11.3 Å². The smallest absolute Gasteiger partial charge is 0.220 e. The summed E-state index contributed by atoms with van der Waals surface area (Å²) >= 11 is 0. The Labute approximate surface area is 147 Å². The van der Waals surface area contributed by atoms with Gasteiger partial charge in [-0.25, -0.2) is 14.6 Å². The van der Waals surface area contributed by atoms with E-state index in [0.717, 1.165) is 29.9 Å². The number of carbonyl (C=O) groups excluding carboxylic acids is 1. The minimum absolute atomic E-state index is 0.163. The Kier molecular flexibility index (Phi) is 4.81. The number of amides is 1. The van der Waals surface area contributed by atoms with E-state index >= 15 is 0 Å². The Bertz CT molecular complexity index is 730. The van der Waals surface area contributed by atoms with Crippen LogP contribution < -0.4 is 10.2 Å². The standard InChI is InChI=1S/C18H26N6O/c25-16(11-14-5-1-2-6-14)19-7-10-24-18-15(12-22-24)17(20-13-21-18)23-8-3-4-9-23/h12-14H,1-11H2,(H,19,25). The van der Waals surface area contributed by atoms with Gasteiger partial charge >= 0.3 is 0 Å². The average molecular weight is 342 g/mol. The van der Waals surface area contributed by atoms with E-state index in [1.165, 1.54) is 38.5 Å². The quantitative estimate of drug-likeness (QED) is 0.870. The Balaban J connectivity index is 1.37. The average Bonchev–Trinajstić information content (AvgIpc) is 3.36. The number of nitrogens with zero attached hydrogens (tertiary/aromatic N) is 5. The van der Waals surface area contributed by atoms with E-state index in [1.54, 1.807) is 6.33 Å². The van der Waals surface area contributed by atoms with Gasteiger partial charge in [-0.05, 0) is 31.6 Å². The van der Waals surface area contributed by atoms with Gasteiger partial charge in [0.2, 0.25) is 5.91 Å². The fourth-order valence-corrected chi connectivity index (χ4v) is 4.08. The summed E-state index contributed by atoms with van der Waals surface area (Å²) in [6.45, 7) is 3.32. The van der Waals surface area contributed by atoms with Crippen LogP contribution in [0, 0.1) is 5.92 Å². The van der Waals surface area contributed by atoms with Gasteiger partial charge in [-0.1, -0.05) is 12.8 Å². The molecule has 3 heterocycles. The summed E-state index contributed by atoms with van der Waals surface area (Å²) < 4.78 is 1.87. The molecule has 4 rings (SSSR count). The molecule has 2 aromatic rings. The van der Waals surface area contributed by atoms with Crippen molar-refractivity contribution < 1.29 is 4.79 Å². The normalized spacial score (nSPS) is 18.3. The second-order valence-electron chi connectivity index (χ2n) is 7.20. The molecule has 25 heavy (non-hydrogen) atoms. The number of hydrogen-bond donors (Lipinski definition) is 1. The van der Waals surface area contributed by atoms with Crippen LogP contribution in [0.5, 0.6) is 0 Å². The molecule has 0 atom stereocenters. The lowest BCUT2D eigenvalue weighted by atomic mass is 10.0. The zero-order valence-corrected chi connectivity index (χ0v) is 14.7. The van der Waals surface area contributed by atoms with Gasteiger partial charge in [0.05, 0.1) is 18.1 Å². The lowest BCUT2D eigenvalue weighted by Crippen LogP contribution is -2.28. The first-order valence-corrected chi connectivity index (χ1v) is 9.49. The molecule has 2 aromatic heterocycles. The summed E-state index contributed by atoms with van der Waals surface area (Å²) in [5, 5.41) is 8.49. The predicted octanol–water partition coefficient (Wildman–Crippen LogP) is 2.12. The number of rotatable bonds is 6. The van der Waals surface area contributed by atoms with Crippen LogP contribution in [0.3, 0.4) is 0 Å². The van der Waals surface area contributed by atoms with Crippen molar-refractivity contribution in [2.75, 3.05) is 24.5 Å². The fraction of sp³-hybridized carbons (Fsp3) is 0.667. The third-order valence-electron chi connectivity index (χ3n) is 5.41. The first-order chi connectivity index (χ1) is 12.3. The SMILES string of the molecule is O=C(CC1CCCC1)NCCn1ncc2c(N3CCCC3)ncnc21. The molecule has 0 aromatic carbocycles. The fourth-order valence-electron chi connectivity index (χ4n) is 4.08. The van der Waals surface area contributed by atoms with Crippen molar-refractivity contribution >= 4 is 22.8 Å². The van der Waals surface area contributed by atoms with Gasteiger partial charge in [0.1, 0.15) is 12.1 Å². The van der Waals surface area contributed by atoms with Crippen molar-refractivity contribution in [3.63, 3.8) is 0 Å². The summed E-state index contributed by atoms with van der Waals surface area (Å²) in [6, 6.07) is 0. The molecule has 0 unspecified atom stereocenters. The third-order valence-corrected chi connectivity index (χ3v) is 5.41. The maximum absolute atomic E-state index is 12.0. The molecule has 7 nitrogen and oxygen atoms in total. The van der Waals surface area contributed by atoms with Crippen molar-refractivity contribution in [1.29, 1.82) is 0 Å². The monoisotopic (exact) mass is 342 g/mol. The number of fused-ring (bicyclic) bond motifs is 1. The number of anilines is 1. The molecule has 1 saturated heterocycles. The zero-order valence-electron chi connectivity index (χ0n) is 14.7. The molecule has 7 heteroatoms. The van der Waals surface area contributed by atoms with Gasteiger partial charge in [0.15, 0.2) is 5.65 Å². The van der Waals surface area contributed by atoms with Crippen molar-refractivity contribution in [2.24, 2.45) is 5.92 Å². The van der Waals surface area contributed by atoms with Crippen LogP contribution in [0.15, 0.2) is 12.5 Å². The largest absolute Gasteiger partial charge is 0.356 e. The molecular weight excluding hydrogens is 316 g/mol. The molecule has 1 aliphatic heterocycles. The van der Waals surface area contributed by atoms with Crippen molar-refractivity contribution in [2.45, 2.75) is 51.5 Å². The summed E-state index contributed by atoms with van der Waals surface area (Å²) in [4.78, 5) is 23.2. The summed E-state index contributed by atoms with van der Waals surface area (Å²) in [5.74, 6) is 1.73. The molecule has 1 amide bonds. The van der Waals surface area contributed by atoms with Gasteiger partial charge in [-0.15, -0.1) is 0 Å². The van der Waals surface area contributed by atoms with Crippen molar-refractivity contribution in [3.8, 4) is 0 Å². The Morgan fingerprint density at radius 2 is 1.96 bits per heavy atom. The van der Waals surface area contributed by atoms with E-state index < -0.39 is 0 Å². The molecule has 1 aliphatic carbocycles. The lowest BCUT2D eigenvalue weighted by molar-refractivity contribution is -0.122. The van der Waals surface area contributed by atoms with E-state index in [-0.39, 0.29) is 5.91 Å². The molecule has 0 radical (unpaired) electrons. The van der Waals surface area contributed by atoms with Gasteiger partial charge in [0.25, 0.3) is 0 Å². The first kappa shape index (κ1) is 16.3. The summed E-state index contributed by atoms with van der Waals surface area (Å²) in [5.41, 5.74) is 0.849. The Hall–Kier alpha value is -2.18. The summed E-state index contributed by atoms with van der Waals surface area (Å²) in [7, 11) is 0. The molecule has 1 N–H and O–H groups in total. The Morgan fingerprint density at radius 3 is 2.76 bits per heavy atom. The lowest BCUT2D eigenvalue weighted by Gasteiger charge is -2.16. The second-order valence-corrected chi connectivity index (χ2v) is 7.20. The van der Waals surface area contributed by atoms with E-state index in [2.05, 4.69) is 25.3 Å². The maximum Gasteiger partial charge on any atom is 0.220 e. The van der Waals surface area contributed by atoms with Crippen molar-refractivity contribution in [1.82, 2.24) is 25.1 Å². The van der Waals surface area contributed by atoms with E-state index in [9.17, 15) is 4.79 Å². The van der Waals surface area contributed by atoms with Gasteiger partial charge < -0.3 is 10.2 Å². The van der Waals surface area contributed by atoms with Crippen LogP contribution in [0.25, 0.3) is 11.0 Å². The molecule has 0 spiro atoms. The molecule has 134 valence electrons. The zero-order chi connectivity index (χ0) is 17.1. The minimum atomic E-state index is 0.163. The van der Waals surface area contributed by atoms with E-state index in [4.69, 9.17) is 0 Å². The van der Waals surface area contributed by atoms with E-state index in [0.29, 0.717) is 25.4 Å². The highest BCUT2D eigenvalue weighted by Gasteiger charge is 2.19. The molecule has 2 fully saturated rings. The second kappa shape index (κ2) is 7.37. The number of nitrogens with one attached hydrogen (secondary N) is 1. The highest BCUT2D eigenvalue weighted by atomic mass is 16.1. The topological polar surface area (TPSA) is 75.9 Å². The first-order valence-electron chi connectivity index (χ1n) is 9.49. The molecule has 0 bridgehead atoms. The Morgan fingerprint density at radius 1 is 1.16 bits per heavy atom. The summed E-state index contributed by atoms with van der Waals surface area (Å²) in [6.07, 6.45) is 11.5. The van der Waals surface area contributed by atoms with Gasteiger partial charge in [0, 0.05) is 26.1 Å². The number of carbonyl (C=O) groups is 1. The highest BCUT2D eigenvalue weighted by molar-refractivity contribution is 5.86. The maximum atomic E-state index is 12.0. The van der Waals surface area contributed by atoms with Crippen LogP contribution >= 0.6 is 0 Å². The number of aromatic nitrogens is 4. The van der Waals surface area contributed by atoms with Crippen molar-refractivity contribution in [3.05, 3.63) is 12.5 Å². The van der Waals surface area contributed by atoms with Crippen LogP contribution in [-0.4, -0.2) is 45.3 Å². The third kappa shape index (κ3) is 3.60. The van der Waals surface area contributed by atoms with Crippen LogP contribution in [0.2, 0.25) is 0 Å². The number of hydrogen-bond acceptors (Lipinski definition) is 5.